The summed E-state index contributed by atoms with van der Waals surface area (Å²) in [7, 11) is 0. The van der Waals surface area contributed by atoms with Gasteiger partial charge >= 0.3 is 0 Å². The molecule has 0 spiro atoms. The van der Waals surface area contributed by atoms with Gasteiger partial charge in [-0.05, 0) is 18.9 Å². The van der Waals surface area contributed by atoms with Crippen molar-refractivity contribution >= 4 is 0 Å². The minimum atomic E-state index is -0.278. The molecule has 2 nitrogen and oxygen atoms in total. The highest BCUT2D eigenvalue weighted by atomic mass is 16.5. The van der Waals surface area contributed by atoms with Crippen molar-refractivity contribution in [2.75, 3.05) is 13.2 Å². The van der Waals surface area contributed by atoms with Crippen molar-refractivity contribution in [3.63, 3.8) is 0 Å². The van der Waals surface area contributed by atoms with E-state index in [1.807, 2.05) is 18.2 Å². The minimum absolute atomic E-state index is 0.278. The summed E-state index contributed by atoms with van der Waals surface area (Å²) in [5.74, 6) is 0. The number of benzene rings is 1. The molecular weight excluding hydrogens is 162 g/mol. The maximum absolute atomic E-state index is 5.74. The van der Waals surface area contributed by atoms with Gasteiger partial charge in [0.25, 0.3) is 0 Å². The molecule has 0 aromatic heterocycles. The highest BCUT2D eigenvalue weighted by molar-refractivity contribution is 5.21. The zero-order valence-electron chi connectivity index (χ0n) is 7.92. The largest absolute Gasteiger partial charge is 0.357 e. The van der Waals surface area contributed by atoms with Crippen LogP contribution in [0.5, 0.6) is 0 Å². The molecule has 70 valence electrons. The summed E-state index contributed by atoms with van der Waals surface area (Å²) in [6.07, 6.45) is 1.10. The van der Waals surface area contributed by atoms with E-state index in [-0.39, 0.29) is 5.72 Å². The molecule has 1 heterocycles. The first-order valence-electron chi connectivity index (χ1n) is 4.76. The zero-order chi connectivity index (χ0) is 9.15. The lowest BCUT2D eigenvalue weighted by Gasteiger charge is -2.35. The van der Waals surface area contributed by atoms with Crippen LogP contribution in [0, 0.1) is 0 Å². The van der Waals surface area contributed by atoms with Crippen LogP contribution in [0.15, 0.2) is 30.3 Å². The Morgan fingerprint density at radius 3 is 2.69 bits per heavy atom. The number of hydrogen-bond acceptors (Lipinski definition) is 2. The van der Waals surface area contributed by atoms with Crippen LogP contribution in [0.3, 0.4) is 0 Å². The molecule has 13 heavy (non-hydrogen) atoms. The van der Waals surface area contributed by atoms with Gasteiger partial charge in [0.05, 0.1) is 6.61 Å². The Balaban J connectivity index is 2.23. The first kappa shape index (κ1) is 8.73. The van der Waals surface area contributed by atoms with E-state index in [4.69, 9.17) is 4.74 Å². The normalized spacial score (nSPS) is 28.7. The molecule has 2 rings (SSSR count). The lowest BCUT2D eigenvalue weighted by Crippen LogP contribution is -2.46. The molecule has 1 atom stereocenters. The molecule has 0 amide bonds. The van der Waals surface area contributed by atoms with E-state index in [9.17, 15) is 0 Å². The molecule has 0 radical (unpaired) electrons. The number of ether oxygens (including phenoxy) is 1. The Kier molecular flexibility index (Phi) is 2.34. The van der Waals surface area contributed by atoms with Crippen LogP contribution in [0.2, 0.25) is 0 Å². The molecule has 0 bridgehead atoms. The Labute approximate surface area is 78.9 Å². The van der Waals surface area contributed by atoms with Crippen molar-refractivity contribution in [1.29, 1.82) is 0 Å². The average molecular weight is 177 g/mol. The fraction of sp³-hybridized carbons (Fsp3) is 0.455. The smallest absolute Gasteiger partial charge is 0.142 e. The van der Waals surface area contributed by atoms with Gasteiger partial charge in [-0.1, -0.05) is 30.3 Å². The van der Waals surface area contributed by atoms with Crippen LogP contribution in [0.25, 0.3) is 0 Å². The topological polar surface area (TPSA) is 21.3 Å². The van der Waals surface area contributed by atoms with Crippen LogP contribution in [-0.2, 0) is 10.5 Å². The van der Waals surface area contributed by atoms with Crippen molar-refractivity contribution in [3.05, 3.63) is 35.9 Å². The third-order valence-electron chi connectivity index (χ3n) is 2.50. The number of hydrogen-bond donors (Lipinski definition) is 1. The standard InChI is InChI=1S/C11H15NO/c1-11(12-8-5-9-13-11)10-6-3-2-4-7-10/h2-4,6-7,12H,5,8-9H2,1H3. The molecule has 1 aliphatic rings. The summed E-state index contributed by atoms with van der Waals surface area (Å²) in [5, 5.41) is 3.39. The van der Waals surface area contributed by atoms with Crippen LogP contribution >= 0.6 is 0 Å². The van der Waals surface area contributed by atoms with E-state index < -0.39 is 0 Å². The van der Waals surface area contributed by atoms with E-state index in [0.717, 1.165) is 19.6 Å². The fourth-order valence-corrected chi connectivity index (χ4v) is 1.67. The summed E-state index contributed by atoms with van der Waals surface area (Å²) in [5.41, 5.74) is 0.925. The maximum Gasteiger partial charge on any atom is 0.142 e. The molecule has 1 unspecified atom stereocenters. The fourth-order valence-electron chi connectivity index (χ4n) is 1.67. The molecule has 2 heteroatoms. The molecule has 1 fully saturated rings. The van der Waals surface area contributed by atoms with Gasteiger partial charge in [-0.15, -0.1) is 0 Å². The predicted molar refractivity (Wildman–Crippen MR) is 52.4 cm³/mol. The van der Waals surface area contributed by atoms with Crippen LogP contribution in [0.4, 0.5) is 0 Å². The summed E-state index contributed by atoms with van der Waals surface area (Å²) in [6.45, 7) is 3.96. The van der Waals surface area contributed by atoms with Gasteiger partial charge < -0.3 is 4.74 Å². The number of nitrogens with one attached hydrogen (secondary N) is 1. The van der Waals surface area contributed by atoms with E-state index >= 15 is 0 Å². The van der Waals surface area contributed by atoms with Gasteiger partial charge in [0.2, 0.25) is 0 Å². The van der Waals surface area contributed by atoms with Gasteiger partial charge in [0.15, 0.2) is 0 Å². The average Bonchev–Trinajstić information content (AvgIpc) is 2.20. The molecular formula is C11H15NO. The quantitative estimate of drug-likeness (QED) is 0.707. The Bertz CT molecular complexity index is 265. The van der Waals surface area contributed by atoms with Gasteiger partial charge in [-0.2, -0.15) is 0 Å². The van der Waals surface area contributed by atoms with Gasteiger partial charge in [-0.3, -0.25) is 5.32 Å². The molecule has 1 aliphatic heterocycles. The lowest BCUT2D eigenvalue weighted by molar-refractivity contribution is -0.0875. The van der Waals surface area contributed by atoms with Crippen molar-refractivity contribution in [1.82, 2.24) is 5.32 Å². The molecule has 1 N–H and O–H groups in total. The highest BCUT2D eigenvalue weighted by Gasteiger charge is 2.28. The summed E-state index contributed by atoms with van der Waals surface area (Å²) < 4.78 is 5.74. The van der Waals surface area contributed by atoms with Crippen LogP contribution in [-0.4, -0.2) is 13.2 Å². The highest BCUT2D eigenvalue weighted by Crippen LogP contribution is 2.24. The van der Waals surface area contributed by atoms with Gasteiger partial charge in [0, 0.05) is 6.54 Å². The number of rotatable bonds is 1. The van der Waals surface area contributed by atoms with Gasteiger partial charge in [0.1, 0.15) is 5.72 Å². The second-order valence-corrected chi connectivity index (χ2v) is 3.53. The van der Waals surface area contributed by atoms with Crippen molar-refractivity contribution in [3.8, 4) is 0 Å². The van der Waals surface area contributed by atoms with Gasteiger partial charge in [-0.25, -0.2) is 0 Å². The SMILES string of the molecule is CC1(c2ccccc2)NCCCO1. The second kappa shape index (κ2) is 3.48. The summed E-state index contributed by atoms with van der Waals surface area (Å²) in [4.78, 5) is 0. The molecule has 1 saturated heterocycles. The van der Waals surface area contributed by atoms with Crippen LogP contribution < -0.4 is 5.32 Å². The van der Waals surface area contributed by atoms with E-state index in [0.29, 0.717) is 0 Å². The monoisotopic (exact) mass is 177 g/mol. The van der Waals surface area contributed by atoms with Crippen molar-refractivity contribution in [2.45, 2.75) is 19.1 Å². The van der Waals surface area contributed by atoms with E-state index in [1.54, 1.807) is 0 Å². The van der Waals surface area contributed by atoms with Crippen LogP contribution in [0.1, 0.15) is 18.9 Å². The molecule has 1 aromatic carbocycles. The first-order chi connectivity index (χ1) is 6.31. The van der Waals surface area contributed by atoms with E-state index in [1.165, 1.54) is 5.56 Å². The Morgan fingerprint density at radius 1 is 1.31 bits per heavy atom. The summed E-state index contributed by atoms with van der Waals surface area (Å²) >= 11 is 0. The summed E-state index contributed by atoms with van der Waals surface area (Å²) in [6, 6.07) is 10.3. The predicted octanol–water partition coefficient (Wildman–Crippen LogP) is 1.87. The zero-order valence-corrected chi connectivity index (χ0v) is 7.92. The van der Waals surface area contributed by atoms with E-state index in [2.05, 4.69) is 24.4 Å². The molecule has 0 saturated carbocycles. The molecule has 0 aliphatic carbocycles. The maximum atomic E-state index is 5.74. The third-order valence-corrected chi connectivity index (χ3v) is 2.50. The van der Waals surface area contributed by atoms with Crippen molar-refractivity contribution in [2.24, 2.45) is 0 Å². The molecule has 1 aromatic rings. The second-order valence-electron chi connectivity index (χ2n) is 3.53. The Hall–Kier alpha value is -0.860. The Morgan fingerprint density at radius 2 is 2.08 bits per heavy atom. The first-order valence-corrected chi connectivity index (χ1v) is 4.76. The lowest BCUT2D eigenvalue weighted by atomic mass is 10.0. The third kappa shape index (κ3) is 1.74. The van der Waals surface area contributed by atoms with Crippen molar-refractivity contribution < 1.29 is 4.74 Å². The minimum Gasteiger partial charge on any atom is -0.357 e.